The average Bonchev–Trinajstić information content (AvgIpc) is 3.23. The molecular weight excluding hydrogens is 354 g/mol. The number of halogens is 1. The van der Waals surface area contributed by atoms with Crippen LogP contribution in [0.25, 0.3) is 0 Å². The van der Waals surface area contributed by atoms with Crippen molar-refractivity contribution >= 4 is 21.8 Å². The summed E-state index contributed by atoms with van der Waals surface area (Å²) in [5.74, 6) is 1.56. The number of carbonyl (C=O) groups excluding carboxylic acids is 1. The predicted octanol–water partition coefficient (Wildman–Crippen LogP) is 4.01. The molecule has 0 aliphatic carbocycles. The van der Waals surface area contributed by atoms with Gasteiger partial charge in [-0.05, 0) is 51.7 Å². The Morgan fingerprint density at radius 1 is 1.22 bits per heavy atom. The second-order valence-electron chi connectivity index (χ2n) is 6.18. The van der Waals surface area contributed by atoms with Gasteiger partial charge in [0.2, 0.25) is 0 Å². The third kappa shape index (κ3) is 2.76. The van der Waals surface area contributed by atoms with Gasteiger partial charge < -0.3 is 9.64 Å². The van der Waals surface area contributed by atoms with Gasteiger partial charge in [-0.25, -0.2) is 0 Å². The molecule has 0 saturated carbocycles. The van der Waals surface area contributed by atoms with Crippen LogP contribution < -0.4 is 4.74 Å². The molecule has 2 aliphatic rings. The monoisotopic (exact) mass is 371 g/mol. The van der Waals surface area contributed by atoms with Crippen molar-refractivity contribution in [2.75, 3.05) is 19.7 Å². The van der Waals surface area contributed by atoms with Crippen LogP contribution in [0.4, 0.5) is 0 Å². The third-order valence-corrected chi connectivity index (χ3v) is 5.46. The fourth-order valence-electron chi connectivity index (χ4n) is 3.48. The second kappa shape index (κ2) is 6.00. The van der Waals surface area contributed by atoms with Gasteiger partial charge in [0.05, 0.1) is 12.2 Å². The fraction of sp³-hybridized carbons (Fsp3) is 0.316. The van der Waals surface area contributed by atoms with Gasteiger partial charge in [0.25, 0.3) is 5.91 Å². The van der Waals surface area contributed by atoms with Crippen molar-refractivity contribution in [1.82, 2.24) is 4.90 Å². The van der Waals surface area contributed by atoms with Crippen molar-refractivity contribution < 1.29 is 9.53 Å². The van der Waals surface area contributed by atoms with Crippen LogP contribution in [0.2, 0.25) is 0 Å². The molecule has 0 spiro atoms. The Morgan fingerprint density at radius 3 is 2.96 bits per heavy atom. The Morgan fingerprint density at radius 2 is 2.09 bits per heavy atom. The molecule has 3 nitrogen and oxygen atoms in total. The van der Waals surface area contributed by atoms with Crippen molar-refractivity contribution in [2.24, 2.45) is 0 Å². The largest absolute Gasteiger partial charge is 0.493 e. The maximum atomic E-state index is 12.7. The topological polar surface area (TPSA) is 29.5 Å². The van der Waals surface area contributed by atoms with E-state index in [4.69, 9.17) is 4.74 Å². The van der Waals surface area contributed by atoms with Crippen molar-refractivity contribution in [2.45, 2.75) is 18.8 Å². The van der Waals surface area contributed by atoms with E-state index in [-0.39, 0.29) is 5.91 Å². The highest BCUT2D eigenvalue weighted by Crippen LogP contribution is 2.33. The first-order valence-electron chi connectivity index (χ1n) is 8.02. The molecule has 1 saturated heterocycles. The van der Waals surface area contributed by atoms with Crippen molar-refractivity contribution in [1.29, 1.82) is 0 Å². The molecule has 118 valence electrons. The lowest BCUT2D eigenvalue weighted by atomic mass is 9.96. The lowest BCUT2D eigenvalue weighted by Gasteiger charge is -2.18. The van der Waals surface area contributed by atoms with Crippen molar-refractivity contribution in [3.63, 3.8) is 0 Å². The molecule has 23 heavy (non-hydrogen) atoms. The van der Waals surface area contributed by atoms with E-state index < -0.39 is 0 Å². The molecular formula is C19H18BrNO2. The number of nitrogens with zero attached hydrogens (tertiary/aromatic N) is 1. The summed E-state index contributed by atoms with van der Waals surface area (Å²) in [6, 6.07) is 14.1. The van der Waals surface area contributed by atoms with Gasteiger partial charge in [0.1, 0.15) is 5.75 Å². The first kappa shape index (κ1) is 14.8. The Hall–Kier alpha value is -1.81. The number of amides is 1. The summed E-state index contributed by atoms with van der Waals surface area (Å²) in [5, 5.41) is 0. The number of ether oxygens (including phenoxy) is 1. The van der Waals surface area contributed by atoms with E-state index in [1.54, 1.807) is 0 Å². The van der Waals surface area contributed by atoms with Crippen LogP contribution in [0.1, 0.15) is 33.8 Å². The molecule has 2 aromatic rings. The zero-order valence-corrected chi connectivity index (χ0v) is 14.4. The normalized spacial score (nSPS) is 19.5. The lowest BCUT2D eigenvalue weighted by molar-refractivity contribution is 0.0790. The molecule has 4 heteroatoms. The maximum Gasteiger partial charge on any atom is 0.255 e. The molecule has 1 fully saturated rings. The molecule has 2 aromatic carbocycles. The van der Waals surface area contributed by atoms with E-state index in [0.717, 1.165) is 48.3 Å². The molecule has 0 bridgehead atoms. The lowest BCUT2D eigenvalue weighted by Crippen LogP contribution is -2.28. The van der Waals surface area contributed by atoms with E-state index in [1.165, 1.54) is 11.1 Å². The standard InChI is InChI=1S/C19H18BrNO2/c20-17-4-2-1-3-16(17)19(22)21-9-7-15(12-21)13-5-6-18-14(11-13)8-10-23-18/h1-6,11,15H,7-10,12H2. The minimum atomic E-state index is 0.115. The third-order valence-electron chi connectivity index (χ3n) is 4.76. The van der Waals surface area contributed by atoms with Gasteiger partial charge in [-0.3, -0.25) is 4.79 Å². The van der Waals surface area contributed by atoms with Gasteiger partial charge in [0, 0.05) is 29.9 Å². The molecule has 0 radical (unpaired) electrons. The predicted molar refractivity (Wildman–Crippen MR) is 93.0 cm³/mol. The summed E-state index contributed by atoms with van der Waals surface area (Å²) in [4.78, 5) is 14.7. The maximum absolute atomic E-state index is 12.7. The Balaban J connectivity index is 1.51. The first-order valence-corrected chi connectivity index (χ1v) is 8.81. The van der Waals surface area contributed by atoms with Gasteiger partial charge in [0.15, 0.2) is 0 Å². The van der Waals surface area contributed by atoms with Crippen molar-refractivity contribution in [3.8, 4) is 5.75 Å². The SMILES string of the molecule is O=C(c1ccccc1Br)N1CCC(c2ccc3c(c2)CCO3)C1. The summed E-state index contributed by atoms with van der Waals surface area (Å²) in [6.45, 7) is 2.40. The van der Waals surface area contributed by atoms with Crippen LogP contribution >= 0.6 is 15.9 Å². The number of rotatable bonds is 2. The van der Waals surface area contributed by atoms with Crippen LogP contribution in [0.15, 0.2) is 46.9 Å². The van der Waals surface area contributed by atoms with Gasteiger partial charge >= 0.3 is 0 Å². The van der Waals surface area contributed by atoms with Gasteiger partial charge in [-0.2, -0.15) is 0 Å². The summed E-state index contributed by atoms with van der Waals surface area (Å²) >= 11 is 3.48. The van der Waals surface area contributed by atoms with E-state index in [9.17, 15) is 4.79 Å². The van der Waals surface area contributed by atoms with Crippen LogP contribution in [-0.4, -0.2) is 30.5 Å². The summed E-state index contributed by atoms with van der Waals surface area (Å²) < 4.78 is 6.44. The minimum absolute atomic E-state index is 0.115. The highest BCUT2D eigenvalue weighted by atomic mass is 79.9. The molecule has 2 aliphatic heterocycles. The molecule has 1 unspecified atom stereocenters. The Labute approximate surface area is 144 Å². The van der Waals surface area contributed by atoms with E-state index >= 15 is 0 Å². The quantitative estimate of drug-likeness (QED) is 0.797. The molecule has 0 aromatic heterocycles. The Kier molecular flexibility index (Phi) is 3.85. The number of hydrogen-bond acceptors (Lipinski definition) is 2. The smallest absolute Gasteiger partial charge is 0.255 e. The highest BCUT2D eigenvalue weighted by molar-refractivity contribution is 9.10. The molecule has 1 atom stereocenters. The molecule has 4 rings (SSSR count). The number of fused-ring (bicyclic) bond motifs is 1. The summed E-state index contributed by atoms with van der Waals surface area (Å²) in [6.07, 6.45) is 2.02. The van der Waals surface area contributed by atoms with Crippen LogP contribution in [-0.2, 0) is 6.42 Å². The van der Waals surface area contributed by atoms with Crippen LogP contribution in [0, 0.1) is 0 Å². The molecule has 2 heterocycles. The van der Waals surface area contributed by atoms with Gasteiger partial charge in [-0.1, -0.05) is 24.3 Å². The molecule has 1 amide bonds. The zero-order chi connectivity index (χ0) is 15.8. The fourth-order valence-corrected chi connectivity index (χ4v) is 3.94. The number of benzene rings is 2. The van der Waals surface area contributed by atoms with Crippen molar-refractivity contribution in [3.05, 3.63) is 63.6 Å². The van der Waals surface area contributed by atoms with E-state index in [1.807, 2.05) is 29.2 Å². The highest BCUT2D eigenvalue weighted by Gasteiger charge is 2.29. The van der Waals surface area contributed by atoms with Gasteiger partial charge in [-0.15, -0.1) is 0 Å². The van der Waals surface area contributed by atoms with Crippen LogP contribution in [0.5, 0.6) is 5.75 Å². The number of hydrogen-bond donors (Lipinski definition) is 0. The number of carbonyl (C=O) groups is 1. The van der Waals surface area contributed by atoms with Crippen LogP contribution in [0.3, 0.4) is 0 Å². The summed E-state index contributed by atoms with van der Waals surface area (Å²) in [5.41, 5.74) is 3.38. The van der Waals surface area contributed by atoms with E-state index in [0.29, 0.717) is 5.92 Å². The minimum Gasteiger partial charge on any atom is -0.493 e. The Bertz CT molecular complexity index is 759. The zero-order valence-electron chi connectivity index (χ0n) is 12.8. The van der Waals surface area contributed by atoms with E-state index in [2.05, 4.69) is 34.1 Å². The average molecular weight is 372 g/mol. The first-order chi connectivity index (χ1) is 11.2. The molecule has 0 N–H and O–H groups in total. The second-order valence-corrected chi connectivity index (χ2v) is 7.04. The summed E-state index contributed by atoms with van der Waals surface area (Å²) in [7, 11) is 0. The number of likely N-dealkylation sites (tertiary alicyclic amines) is 1.